The number of esters is 1. The molecule has 2 heterocycles. The highest BCUT2D eigenvalue weighted by Gasteiger charge is 2.22. The van der Waals surface area contributed by atoms with Gasteiger partial charge in [-0.05, 0) is 37.1 Å². The SMILES string of the molecule is C=CCn1c(Cc2ccc(Cl)cc2)nnc1SCC(=O)Nc1sc(C)c(C)c1C(=O)OC. The number of nitrogens with one attached hydrogen (secondary N) is 1. The zero-order chi connectivity index (χ0) is 23.3. The Balaban J connectivity index is 1.70. The van der Waals surface area contributed by atoms with Crippen LogP contribution >= 0.6 is 34.7 Å². The number of ether oxygens (including phenoxy) is 1. The van der Waals surface area contributed by atoms with Gasteiger partial charge in [-0.25, -0.2) is 4.79 Å². The number of hydrogen-bond acceptors (Lipinski definition) is 7. The molecule has 0 spiro atoms. The number of carbonyl (C=O) groups excluding carboxylic acids is 2. The monoisotopic (exact) mass is 490 g/mol. The molecule has 0 aliphatic heterocycles. The summed E-state index contributed by atoms with van der Waals surface area (Å²) in [7, 11) is 1.32. The van der Waals surface area contributed by atoms with Gasteiger partial charge in [-0.15, -0.1) is 28.1 Å². The standard InChI is InChI=1S/C22H23ClN4O3S2/c1-5-10-27-17(11-15-6-8-16(23)9-7-15)25-26-22(27)31-12-18(28)24-20-19(21(29)30-4)13(2)14(3)32-20/h5-9H,1,10-12H2,2-4H3,(H,24,28). The molecule has 3 aromatic rings. The van der Waals surface area contributed by atoms with Crippen molar-refractivity contribution >= 4 is 51.6 Å². The molecule has 0 fully saturated rings. The number of amides is 1. The third-order valence-electron chi connectivity index (χ3n) is 4.74. The van der Waals surface area contributed by atoms with Crippen LogP contribution in [0.3, 0.4) is 0 Å². The highest BCUT2D eigenvalue weighted by molar-refractivity contribution is 7.99. The molecule has 0 aliphatic carbocycles. The average molecular weight is 491 g/mol. The van der Waals surface area contributed by atoms with E-state index < -0.39 is 5.97 Å². The minimum atomic E-state index is -0.465. The topological polar surface area (TPSA) is 86.1 Å². The predicted molar refractivity (Wildman–Crippen MR) is 129 cm³/mol. The minimum Gasteiger partial charge on any atom is -0.465 e. The summed E-state index contributed by atoms with van der Waals surface area (Å²) in [6.07, 6.45) is 2.35. The van der Waals surface area contributed by atoms with Crippen molar-refractivity contribution in [1.29, 1.82) is 0 Å². The lowest BCUT2D eigenvalue weighted by Crippen LogP contribution is -2.16. The Morgan fingerprint density at radius 3 is 2.66 bits per heavy atom. The van der Waals surface area contributed by atoms with Gasteiger partial charge in [0.1, 0.15) is 10.8 Å². The Kier molecular flexibility index (Phi) is 8.11. The van der Waals surface area contributed by atoms with Gasteiger partial charge in [0.15, 0.2) is 5.16 Å². The van der Waals surface area contributed by atoms with Gasteiger partial charge in [-0.1, -0.05) is 41.6 Å². The van der Waals surface area contributed by atoms with Crippen molar-refractivity contribution in [2.75, 3.05) is 18.2 Å². The van der Waals surface area contributed by atoms with E-state index in [1.54, 1.807) is 6.08 Å². The van der Waals surface area contributed by atoms with Gasteiger partial charge >= 0.3 is 5.97 Å². The van der Waals surface area contributed by atoms with Crippen LogP contribution in [0.5, 0.6) is 0 Å². The fourth-order valence-corrected chi connectivity index (χ4v) is 4.97. The molecule has 0 bridgehead atoms. The number of anilines is 1. The molecule has 1 N–H and O–H groups in total. The number of thiophene rings is 1. The maximum Gasteiger partial charge on any atom is 0.341 e. The Hall–Kier alpha value is -2.62. The maximum absolute atomic E-state index is 12.6. The second-order valence-electron chi connectivity index (χ2n) is 6.92. The highest BCUT2D eigenvalue weighted by atomic mass is 35.5. The van der Waals surface area contributed by atoms with E-state index in [0.29, 0.717) is 33.7 Å². The molecule has 0 aliphatic rings. The van der Waals surface area contributed by atoms with Crippen molar-refractivity contribution in [2.24, 2.45) is 0 Å². The first-order valence-corrected chi connectivity index (χ1v) is 11.9. The smallest absolute Gasteiger partial charge is 0.341 e. The van der Waals surface area contributed by atoms with Crippen molar-refractivity contribution < 1.29 is 14.3 Å². The summed E-state index contributed by atoms with van der Waals surface area (Å²) in [6.45, 7) is 8.07. The largest absolute Gasteiger partial charge is 0.465 e. The summed E-state index contributed by atoms with van der Waals surface area (Å²) >= 11 is 8.59. The number of rotatable bonds is 9. The summed E-state index contributed by atoms with van der Waals surface area (Å²) in [6, 6.07) is 7.56. The molecule has 3 rings (SSSR count). The van der Waals surface area contributed by atoms with Crippen molar-refractivity contribution in [3.63, 3.8) is 0 Å². The van der Waals surface area contributed by atoms with Crippen LogP contribution in [0.2, 0.25) is 5.02 Å². The molecule has 168 valence electrons. The summed E-state index contributed by atoms with van der Waals surface area (Å²) in [4.78, 5) is 25.7. The molecule has 32 heavy (non-hydrogen) atoms. The third kappa shape index (κ3) is 5.59. The first kappa shape index (κ1) is 24.0. The quantitative estimate of drug-likeness (QED) is 0.261. The summed E-state index contributed by atoms with van der Waals surface area (Å²) in [5, 5.41) is 13.2. The van der Waals surface area contributed by atoms with E-state index in [2.05, 4.69) is 22.1 Å². The van der Waals surface area contributed by atoms with Gasteiger partial charge in [0.25, 0.3) is 0 Å². The Morgan fingerprint density at radius 2 is 2.00 bits per heavy atom. The fourth-order valence-electron chi connectivity index (χ4n) is 3.01. The van der Waals surface area contributed by atoms with E-state index in [1.807, 2.05) is 42.7 Å². The van der Waals surface area contributed by atoms with Crippen LogP contribution in [0.15, 0.2) is 42.1 Å². The second kappa shape index (κ2) is 10.8. The van der Waals surface area contributed by atoms with Crippen LogP contribution < -0.4 is 5.32 Å². The number of allylic oxidation sites excluding steroid dienone is 1. The minimum absolute atomic E-state index is 0.118. The number of carbonyl (C=O) groups is 2. The zero-order valence-electron chi connectivity index (χ0n) is 18.0. The van der Waals surface area contributed by atoms with E-state index in [-0.39, 0.29) is 11.7 Å². The highest BCUT2D eigenvalue weighted by Crippen LogP contribution is 2.33. The van der Waals surface area contributed by atoms with Gasteiger partial charge in [-0.2, -0.15) is 0 Å². The lowest BCUT2D eigenvalue weighted by atomic mass is 10.1. The number of aromatic nitrogens is 3. The van der Waals surface area contributed by atoms with Gasteiger partial charge in [0.05, 0.1) is 18.4 Å². The second-order valence-corrected chi connectivity index (χ2v) is 9.52. The number of halogens is 1. The van der Waals surface area contributed by atoms with E-state index in [4.69, 9.17) is 16.3 Å². The molecule has 0 unspecified atom stereocenters. The fraction of sp³-hybridized carbons (Fsp3) is 0.273. The molecular formula is C22H23ClN4O3S2. The van der Waals surface area contributed by atoms with Crippen molar-refractivity contribution in [2.45, 2.75) is 32.0 Å². The molecule has 2 aromatic heterocycles. The van der Waals surface area contributed by atoms with Gasteiger partial charge in [0, 0.05) is 22.9 Å². The van der Waals surface area contributed by atoms with E-state index in [1.165, 1.54) is 30.2 Å². The third-order valence-corrected chi connectivity index (χ3v) is 7.08. The van der Waals surface area contributed by atoms with Crippen LogP contribution in [0, 0.1) is 13.8 Å². The maximum atomic E-state index is 12.6. The Morgan fingerprint density at radius 1 is 1.28 bits per heavy atom. The van der Waals surface area contributed by atoms with Gasteiger partial charge < -0.3 is 14.6 Å². The predicted octanol–water partition coefficient (Wildman–Crippen LogP) is 4.90. The van der Waals surface area contributed by atoms with Crippen molar-refractivity contribution in [3.8, 4) is 0 Å². The van der Waals surface area contributed by atoms with Crippen LogP contribution in [-0.4, -0.2) is 39.5 Å². The van der Waals surface area contributed by atoms with Crippen LogP contribution in [-0.2, 0) is 22.5 Å². The first-order chi connectivity index (χ1) is 15.3. The van der Waals surface area contributed by atoms with Crippen LogP contribution in [0.1, 0.15) is 32.2 Å². The normalized spacial score (nSPS) is 10.8. The number of aryl methyl sites for hydroxylation is 1. The summed E-state index contributed by atoms with van der Waals surface area (Å²) in [5.74, 6) is 0.182. The van der Waals surface area contributed by atoms with E-state index in [9.17, 15) is 9.59 Å². The van der Waals surface area contributed by atoms with Gasteiger partial charge in [0.2, 0.25) is 5.91 Å². The number of nitrogens with zero attached hydrogens (tertiary/aromatic N) is 3. The van der Waals surface area contributed by atoms with Crippen LogP contribution in [0.25, 0.3) is 0 Å². The molecule has 1 aromatic carbocycles. The molecule has 0 saturated carbocycles. The average Bonchev–Trinajstić information content (AvgIpc) is 3.27. The number of benzene rings is 1. The zero-order valence-corrected chi connectivity index (χ0v) is 20.4. The van der Waals surface area contributed by atoms with Gasteiger partial charge in [-0.3, -0.25) is 4.79 Å². The Bertz CT molecular complexity index is 1140. The molecule has 0 saturated heterocycles. The summed E-state index contributed by atoms with van der Waals surface area (Å²) in [5.41, 5.74) is 2.26. The number of thioether (sulfide) groups is 1. The molecule has 0 atom stereocenters. The van der Waals surface area contributed by atoms with E-state index in [0.717, 1.165) is 21.8 Å². The first-order valence-electron chi connectivity index (χ1n) is 9.72. The van der Waals surface area contributed by atoms with E-state index >= 15 is 0 Å². The lowest BCUT2D eigenvalue weighted by molar-refractivity contribution is -0.113. The van der Waals surface area contributed by atoms with Crippen molar-refractivity contribution in [3.05, 3.63) is 69.3 Å². The Labute approximate surface area is 199 Å². The van der Waals surface area contributed by atoms with Crippen molar-refractivity contribution in [1.82, 2.24) is 14.8 Å². The molecule has 1 amide bonds. The summed E-state index contributed by atoms with van der Waals surface area (Å²) < 4.78 is 6.79. The lowest BCUT2D eigenvalue weighted by Gasteiger charge is -2.09. The number of hydrogen-bond donors (Lipinski definition) is 1. The molecule has 10 heteroatoms. The molecule has 7 nitrogen and oxygen atoms in total. The van der Waals surface area contributed by atoms with Crippen LogP contribution in [0.4, 0.5) is 5.00 Å². The number of methoxy groups -OCH3 is 1. The molecular weight excluding hydrogens is 468 g/mol. The molecule has 0 radical (unpaired) electrons.